The van der Waals surface area contributed by atoms with E-state index in [4.69, 9.17) is 31.5 Å². The Hall–Kier alpha value is -2.13. The predicted molar refractivity (Wildman–Crippen MR) is 103 cm³/mol. The highest BCUT2D eigenvalue weighted by molar-refractivity contribution is 7.47. The van der Waals surface area contributed by atoms with Gasteiger partial charge in [-0.1, -0.05) is 0 Å². The first kappa shape index (κ1) is 23.5. The number of imidazole rings is 1. The summed E-state index contributed by atoms with van der Waals surface area (Å²) in [5.74, 6) is -1.00. The summed E-state index contributed by atoms with van der Waals surface area (Å²) < 4.78 is 37.5. The van der Waals surface area contributed by atoms with E-state index in [2.05, 4.69) is 30.1 Å². The van der Waals surface area contributed by atoms with Crippen molar-refractivity contribution >= 4 is 56.9 Å². The first-order valence-electron chi connectivity index (χ1n) is 8.28. The molecule has 0 aromatic carbocycles. The molecule has 7 N–H and O–H groups in total. The molecule has 1 aliphatic heterocycles. The molecular formula is C12H16ClN7O9P2+2. The van der Waals surface area contributed by atoms with E-state index in [0.717, 1.165) is 0 Å². The number of nitrogen functional groups attached to an aromatic ring is 1. The quantitative estimate of drug-likeness (QED) is 0.139. The standard InChI is InChI=1S/C12H14ClN7O9P2/c13-1-5(21)18-19-9-6-10(17-12(14)16-9)20(3-15-6)11-8(23)7(22)4(28-11)2-27-31(26)29-30(24)25/h3-4,7-8,11,22-23H,1-2H2,(H3-2,14,16,17,18,19,21,24,25)/p+2/t4-,7-,8-,11-/m1/s1. The number of carbonyl (C=O) groups excluding carboxylic acids is 1. The Morgan fingerprint density at radius 1 is 1.35 bits per heavy atom. The van der Waals surface area contributed by atoms with Gasteiger partial charge in [-0.2, -0.15) is 9.97 Å². The van der Waals surface area contributed by atoms with E-state index in [1.807, 2.05) is 0 Å². The predicted octanol–water partition coefficient (Wildman–Crippen LogP) is -0.950. The molecule has 0 spiro atoms. The largest absolute Gasteiger partial charge is 0.747 e. The van der Waals surface area contributed by atoms with E-state index < -0.39 is 53.6 Å². The van der Waals surface area contributed by atoms with Crippen LogP contribution >= 0.6 is 28.1 Å². The number of hydrogen-bond donors (Lipinski definition) is 6. The van der Waals surface area contributed by atoms with Gasteiger partial charge in [0, 0.05) is 9.13 Å². The normalized spacial score (nSPS) is 24.3. The number of alkyl halides is 1. The van der Waals surface area contributed by atoms with E-state index in [1.54, 1.807) is 0 Å². The van der Waals surface area contributed by atoms with Crippen molar-refractivity contribution in [2.45, 2.75) is 24.5 Å². The molecule has 0 bridgehead atoms. The minimum absolute atomic E-state index is 0.0416. The summed E-state index contributed by atoms with van der Waals surface area (Å²) in [5, 5.41) is 20.6. The number of hydrazine groups is 1. The molecule has 2 aromatic rings. The van der Waals surface area contributed by atoms with Crippen LogP contribution in [0.3, 0.4) is 0 Å². The fraction of sp³-hybridized carbons (Fsp3) is 0.500. The highest BCUT2D eigenvalue weighted by Gasteiger charge is 2.47. The maximum Gasteiger partial charge on any atom is 0.747 e. The van der Waals surface area contributed by atoms with Crippen molar-refractivity contribution in [1.82, 2.24) is 24.9 Å². The van der Waals surface area contributed by atoms with Crippen LogP contribution < -0.4 is 16.6 Å². The zero-order valence-electron chi connectivity index (χ0n) is 15.2. The number of ether oxygens (including phenoxy) is 1. The van der Waals surface area contributed by atoms with E-state index in [-0.39, 0.29) is 28.8 Å². The molecule has 0 aliphatic carbocycles. The number of nitrogens with zero attached hydrogens (tertiary/aromatic N) is 4. The fourth-order valence-electron chi connectivity index (χ4n) is 2.68. The van der Waals surface area contributed by atoms with Crippen molar-refractivity contribution in [3.05, 3.63) is 6.33 Å². The molecule has 6 atom stereocenters. The topological polar surface area (TPSA) is 233 Å². The average molecular weight is 500 g/mol. The van der Waals surface area contributed by atoms with Gasteiger partial charge in [0.1, 0.15) is 30.8 Å². The maximum atomic E-state index is 11.4. The summed E-state index contributed by atoms with van der Waals surface area (Å²) >= 11 is 5.41. The number of aliphatic hydroxyl groups excluding tert-OH is 2. The van der Waals surface area contributed by atoms with Crippen molar-refractivity contribution in [2.75, 3.05) is 23.6 Å². The lowest BCUT2D eigenvalue weighted by Crippen LogP contribution is -2.33. The highest BCUT2D eigenvalue weighted by atomic mass is 35.5. The van der Waals surface area contributed by atoms with Crippen LogP contribution in [0.2, 0.25) is 0 Å². The zero-order chi connectivity index (χ0) is 22.7. The number of anilines is 2. The van der Waals surface area contributed by atoms with Crippen LogP contribution in [-0.2, 0) is 27.5 Å². The van der Waals surface area contributed by atoms with Gasteiger partial charge in [0.2, 0.25) is 5.95 Å². The fourth-order valence-corrected chi connectivity index (χ4v) is 3.66. The summed E-state index contributed by atoms with van der Waals surface area (Å²) in [6.45, 7) is -0.520. The molecule has 3 heterocycles. The molecule has 168 valence electrons. The molecule has 31 heavy (non-hydrogen) atoms. The summed E-state index contributed by atoms with van der Waals surface area (Å²) in [4.78, 5) is 32.0. The summed E-state index contributed by atoms with van der Waals surface area (Å²) in [7, 11) is -6.09. The Labute approximate surface area is 179 Å². The number of nitrogens with two attached hydrogens (primary N) is 1. The van der Waals surface area contributed by atoms with Crippen LogP contribution in [0.15, 0.2) is 6.33 Å². The third-order valence-electron chi connectivity index (χ3n) is 3.97. The van der Waals surface area contributed by atoms with E-state index in [9.17, 15) is 24.1 Å². The van der Waals surface area contributed by atoms with E-state index >= 15 is 0 Å². The molecule has 3 rings (SSSR count). The van der Waals surface area contributed by atoms with Crippen LogP contribution in [0.1, 0.15) is 6.23 Å². The molecule has 0 saturated carbocycles. The number of hydrogen-bond acceptors (Lipinski definition) is 13. The SMILES string of the molecule is Nc1nc(NNC(=O)CCl)c2ncn([C@@H]3O[C@H](CO[P+](=O)O[P+](=O)O)[C@@H](O)[C@H]3O)c2n1. The third-order valence-corrected chi connectivity index (χ3v) is 5.67. The number of halogens is 1. The van der Waals surface area contributed by atoms with Crippen LogP contribution in [0.5, 0.6) is 0 Å². The Kier molecular flexibility index (Phi) is 7.59. The lowest BCUT2D eigenvalue weighted by Gasteiger charge is -2.16. The van der Waals surface area contributed by atoms with Crippen LogP contribution in [0.25, 0.3) is 11.2 Å². The van der Waals surface area contributed by atoms with Gasteiger partial charge >= 0.3 is 16.5 Å². The van der Waals surface area contributed by atoms with Gasteiger partial charge in [-0.15, -0.1) is 21.0 Å². The number of nitrogens with one attached hydrogen (secondary N) is 2. The number of fused-ring (bicyclic) bond motifs is 1. The van der Waals surface area contributed by atoms with Gasteiger partial charge < -0.3 is 20.7 Å². The number of carbonyl (C=O) groups is 1. The number of aliphatic hydroxyl groups is 2. The molecule has 1 amide bonds. The molecule has 0 radical (unpaired) electrons. The smallest absolute Gasteiger partial charge is 0.387 e. The molecular weight excluding hydrogens is 484 g/mol. The zero-order valence-corrected chi connectivity index (χ0v) is 17.8. The van der Waals surface area contributed by atoms with E-state index in [0.29, 0.717) is 0 Å². The monoisotopic (exact) mass is 499 g/mol. The van der Waals surface area contributed by atoms with Gasteiger partial charge in [0.25, 0.3) is 5.91 Å². The molecule has 16 nitrogen and oxygen atoms in total. The van der Waals surface area contributed by atoms with Crippen LogP contribution in [0.4, 0.5) is 11.8 Å². The van der Waals surface area contributed by atoms with Crippen molar-refractivity contribution in [3.63, 3.8) is 0 Å². The Bertz CT molecular complexity index is 1010. The highest BCUT2D eigenvalue weighted by Crippen LogP contribution is 2.38. The van der Waals surface area contributed by atoms with Crippen molar-refractivity contribution in [3.8, 4) is 0 Å². The van der Waals surface area contributed by atoms with Crippen LogP contribution in [0, 0.1) is 0 Å². The molecule has 2 unspecified atom stereocenters. The average Bonchev–Trinajstić information content (AvgIpc) is 3.25. The summed E-state index contributed by atoms with van der Waals surface area (Å²) in [6, 6.07) is 0. The number of rotatable bonds is 9. The second-order valence-electron chi connectivity index (χ2n) is 5.95. The maximum absolute atomic E-state index is 11.4. The summed E-state index contributed by atoms with van der Waals surface area (Å²) in [5.41, 5.74) is 10.7. The Morgan fingerprint density at radius 3 is 2.77 bits per heavy atom. The third kappa shape index (κ3) is 5.38. The minimum atomic E-state index is -3.15. The second-order valence-corrected chi connectivity index (χ2v) is 8.05. The first-order chi connectivity index (χ1) is 14.7. The molecule has 1 aliphatic rings. The lowest BCUT2D eigenvalue weighted by molar-refractivity contribution is -0.118. The summed E-state index contributed by atoms with van der Waals surface area (Å²) in [6.07, 6.45) is -4.11. The van der Waals surface area contributed by atoms with Crippen LogP contribution in [-0.4, -0.2) is 71.3 Å². The van der Waals surface area contributed by atoms with Gasteiger partial charge in [-0.3, -0.25) is 20.2 Å². The lowest BCUT2D eigenvalue weighted by atomic mass is 10.1. The second kappa shape index (κ2) is 9.99. The molecule has 2 aromatic heterocycles. The van der Waals surface area contributed by atoms with Crippen molar-refractivity contribution < 1.29 is 42.6 Å². The Balaban J connectivity index is 1.79. The van der Waals surface area contributed by atoms with Crippen molar-refractivity contribution in [1.29, 1.82) is 0 Å². The van der Waals surface area contributed by atoms with Gasteiger partial charge in [0.05, 0.1) is 6.33 Å². The Morgan fingerprint density at radius 2 is 2.10 bits per heavy atom. The van der Waals surface area contributed by atoms with Crippen molar-refractivity contribution in [2.24, 2.45) is 0 Å². The number of amides is 1. The molecule has 1 saturated heterocycles. The number of aromatic nitrogens is 4. The minimum Gasteiger partial charge on any atom is -0.387 e. The first-order valence-corrected chi connectivity index (χ1v) is 11.0. The van der Waals surface area contributed by atoms with Gasteiger partial charge in [0.15, 0.2) is 27.5 Å². The van der Waals surface area contributed by atoms with E-state index in [1.165, 1.54) is 10.9 Å². The van der Waals surface area contributed by atoms with Gasteiger partial charge in [-0.05, 0) is 0 Å². The molecule has 1 fully saturated rings. The van der Waals surface area contributed by atoms with Gasteiger partial charge in [-0.25, -0.2) is 4.98 Å². The molecule has 19 heteroatoms.